The van der Waals surface area contributed by atoms with Gasteiger partial charge in [-0.1, -0.05) is 31.9 Å². The molecular formula is C53H69BrN8O12. The Morgan fingerprint density at radius 2 is 1.59 bits per heavy atom. The molecule has 400 valence electrons. The van der Waals surface area contributed by atoms with E-state index in [2.05, 4.69) is 53.0 Å². The molecule has 2 fully saturated rings. The Kier molecular flexibility index (Phi) is 22.0. The monoisotopic (exact) mass is 1090 g/mol. The van der Waals surface area contributed by atoms with Crippen LogP contribution in [0.15, 0.2) is 47.3 Å². The number of aromatic nitrogens is 5. The van der Waals surface area contributed by atoms with Crippen LogP contribution < -0.4 is 11.1 Å². The van der Waals surface area contributed by atoms with Crippen LogP contribution in [0.5, 0.6) is 0 Å². The van der Waals surface area contributed by atoms with Gasteiger partial charge in [-0.25, -0.2) is 15.0 Å². The standard InChI is InChI=1S/C53H69BrN8O12/c1-5-6-17-53-27-44(45(66)26-42-34(2)9-15-47(54)59-42)62(46(53)28-53)50(68)31-61-43-14-10-36(25-40(43)51(60-61)35(3)63)37-29-57-48(58-30-37)16-12-39(65)32-73-23-22-72-20-18-56-49(67)33-74-24-21-71-19-7-8-38(64)11-13-41(55)52(69)70-4/h9-10,14-15,25,29-30,41,44,46H,5-8,11-13,16-24,26-28,31-33,55H2,1-4H3,(H,56,67)/t41-,44-,46+,53-/m0/s1. The Morgan fingerprint density at radius 3 is 2.32 bits per heavy atom. The molecule has 4 heterocycles. The van der Waals surface area contributed by atoms with Crippen molar-refractivity contribution < 1.29 is 57.2 Å². The zero-order valence-corrected chi connectivity index (χ0v) is 44.5. The van der Waals surface area contributed by atoms with Crippen LogP contribution >= 0.6 is 15.9 Å². The van der Waals surface area contributed by atoms with Crippen molar-refractivity contribution in [3.63, 3.8) is 0 Å². The number of ketones is 4. The Morgan fingerprint density at radius 1 is 0.865 bits per heavy atom. The van der Waals surface area contributed by atoms with E-state index in [1.807, 2.05) is 37.3 Å². The maximum atomic E-state index is 14.3. The first-order valence-corrected chi connectivity index (χ1v) is 26.2. The van der Waals surface area contributed by atoms with E-state index in [0.29, 0.717) is 64.9 Å². The van der Waals surface area contributed by atoms with E-state index in [4.69, 9.17) is 24.7 Å². The third kappa shape index (κ3) is 16.4. The van der Waals surface area contributed by atoms with Gasteiger partial charge in [-0.3, -0.25) is 38.2 Å². The highest BCUT2D eigenvalue weighted by atomic mass is 79.9. The number of Topliss-reactive ketones (excluding diaryl/α,β-unsaturated/α-hetero) is 4. The van der Waals surface area contributed by atoms with Gasteiger partial charge in [0.25, 0.3) is 0 Å². The number of esters is 1. The molecule has 6 rings (SSSR count). The molecule has 1 saturated heterocycles. The summed E-state index contributed by atoms with van der Waals surface area (Å²) in [5, 5.41) is 7.91. The number of fused-ring (bicyclic) bond motifs is 2. The van der Waals surface area contributed by atoms with Gasteiger partial charge in [-0.2, -0.15) is 5.10 Å². The molecule has 1 aliphatic heterocycles. The molecule has 0 radical (unpaired) electrons. The Bertz CT molecular complexity index is 2610. The van der Waals surface area contributed by atoms with Crippen LogP contribution in [0.25, 0.3) is 22.0 Å². The van der Waals surface area contributed by atoms with Crippen LogP contribution in [-0.2, 0) is 71.8 Å². The molecule has 74 heavy (non-hydrogen) atoms. The lowest BCUT2D eigenvalue weighted by molar-refractivity contribution is -0.142. The molecule has 1 saturated carbocycles. The summed E-state index contributed by atoms with van der Waals surface area (Å²) in [6.45, 7) is 6.98. The molecule has 3 N–H and O–H groups in total. The number of carbonyl (C=O) groups excluding carboxylic acids is 7. The first-order chi connectivity index (χ1) is 35.6. The third-order valence-electron chi connectivity index (χ3n) is 13.4. The fourth-order valence-corrected chi connectivity index (χ4v) is 9.60. The number of hydrogen-bond acceptors (Lipinski definition) is 17. The van der Waals surface area contributed by atoms with Crippen molar-refractivity contribution in [2.75, 3.05) is 66.5 Å². The molecule has 2 amide bonds. The summed E-state index contributed by atoms with van der Waals surface area (Å²) in [6, 6.07) is 7.95. The van der Waals surface area contributed by atoms with E-state index in [1.54, 1.807) is 22.0 Å². The minimum Gasteiger partial charge on any atom is -0.468 e. The van der Waals surface area contributed by atoms with Gasteiger partial charge in [0.1, 0.15) is 47.7 Å². The van der Waals surface area contributed by atoms with Crippen molar-refractivity contribution in [1.29, 1.82) is 0 Å². The number of rotatable bonds is 34. The molecule has 4 atom stereocenters. The molecule has 4 aromatic rings. The number of unbranched alkanes of at least 4 members (excludes halogenated alkanes) is 1. The first-order valence-electron chi connectivity index (χ1n) is 25.4. The van der Waals surface area contributed by atoms with Gasteiger partial charge >= 0.3 is 5.97 Å². The van der Waals surface area contributed by atoms with E-state index in [1.165, 1.54) is 14.0 Å². The van der Waals surface area contributed by atoms with Gasteiger partial charge in [-0.15, -0.1) is 0 Å². The number of benzene rings is 1. The Labute approximate surface area is 439 Å². The largest absolute Gasteiger partial charge is 0.468 e. The zero-order valence-electron chi connectivity index (χ0n) is 42.9. The highest BCUT2D eigenvalue weighted by Gasteiger charge is 2.66. The predicted molar refractivity (Wildman–Crippen MR) is 275 cm³/mol. The second kappa shape index (κ2) is 28.3. The van der Waals surface area contributed by atoms with E-state index in [9.17, 15) is 33.6 Å². The van der Waals surface area contributed by atoms with E-state index in [0.717, 1.165) is 36.8 Å². The lowest BCUT2D eigenvalue weighted by atomic mass is 9.91. The molecule has 21 heteroatoms. The topological polar surface area (TPSA) is 263 Å². The number of ether oxygens (including phenoxy) is 5. The first kappa shape index (κ1) is 57.6. The molecule has 1 aliphatic carbocycles. The second-order valence-corrected chi connectivity index (χ2v) is 19.8. The predicted octanol–water partition coefficient (Wildman–Crippen LogP) is 4.84. The van der Waals surface area contributed by atoms with Crippen molar-refractivity contribution in [2.24, 2.45) is 11.1 Å². The zero-order chi connectivity index (χ0) is 53.2. The van der Waals surface area contributed by atoms with Crippen molar-refractivity contribution in [2.45, 2.75) is 122 Å². The highest BCUT2D eigenvalue weighted by Crippen LogP contribution is 2.62. The minimum absolute atomic E-state index is 0.00651. The lowest BCUT2D eigenvalue weighted by Crippen LogP contribution is -2.45. The quantitative estimate of drug-likeness (QED) is 0.0274. The normalized spacial score (nSPS) is 17.2. The number of nitrogens with zero attached hydrogens (tertiary/aromatic N) is 6. The maximum Gasteiger partial charge on any atom is 0.322 e. The third-order valence-corrected chi connectivity index (χ3v) is 13.9. The SMILES string of the molecule is CCCC[C@@]12C[C@@H](C(=O)Cc3nc(Br)ccc3C)N(C(=O)Cn3nc(C(C)=O)c4cc(-c5cnc(CCC(=O)COCCOCCNC(=O)COCCOCCCC(=O)CC[C@H](N)C(=O)OC)nc5)ccc43)[C@@H]1C2. The van der Waals surface area contributed by atoms with Gasteiger partial charge < -0.3 is 39.6 Å². The number of halogens is 1. The van der Waals surface area contributed by atoms with Crippen LogP contribution in [0.2, 0.25) is 0 Å². The summed E-state index contributed by atoms with van der Waals surface area (Å²) in [4.78, 5) is 104. The molecule has 2 aliphatic rings. The van der Waals surface area contributed by atoms with Crippen LogP contribution in [-0.4, -0.2) is 155 Å². The van der Waals surface area contributed by atoms with Crippen LogP contribution in [0.3, 0.4) is 0 Å². The fourth-order valence-electron chi connectivity index (χ4n) is 9.25. The number of carbonyl (C=O) groups is 7. The molecule has 3 aromatic heterocycles. The number of aryl methyl sites for hydroxylation is 2. The van der Waals surface area contributed by atoms with Gasteiger partial charge in [0.15, 0.2) is 17.3 Å². The summed E-state index contributed by atoms with van der Waals surface area (Å²) in [5.74, 6) is -0.961. The minimum atomic E-state index is -0.805. The van der Waals surface area contributed by atoms with Crippen molar-refractivity contribution in [3.05, 3.63) is 70.1 Å². The number of nitrogens with one attached hydrogen (secondary N) is 1. The van der Waals surface area contributed by atoms with E-state index >= 15 is 0 Å². The number of nitrogens with two attached hydrogens (primary N) is 1. The molecule has 0 spiro atoms. The van der Waals surface area contributed by atoms with Crippen LogP contribution in [0.1, 0.15) is 106 Å². The number of hydrogen-bond donors (Lipinski definition) is 2. The van der Waals surface area contributed by atoms with Crippen molar-refractivity contribution in [3.8, 4) is 11.1 Å². The molecular weight excluding hydrogens is 1020 g/mol. The highest BCUT2D eigenvalue weighted by molar-refractivity contribution is 9.10. The Balaban J connectivity index is 0.871. The van der Waals surface area contributed by atoms with Gasteiger partial charge in [0.2, 0.25) is 11.8 Å². The molecule has 20 nitrogen and oxygen atoms in total. The number of methoxy groups -OCH3 is 1. The van der Waals surface area contributed by atoms with Crippen LogP contribution in [0.4, 0.5) is 0 Å². The van der Waals surface area contributed by atoms with E-state index in [-0.39, 0.29) is 137 Å². The second-order valence-electron chi connectivity index (χ2n) is 19.0. The Hall–Kier alpha value is -5.71. The lowest BCUT2D eigenvalue weighted by Gasteiger charge is -2.27. The van der Waals surface area contributed by atoms with Crippen LogP contribution in [0, 0.1) is 12.3 Å². The average Bonchev–Trinajstić information content (AvgIpc) is 3.81. The maximum absolute atomic E-state index is 14.3. The molecule has 1 aromatic carbocycles. The summed E-state index contributed by atoms with van der Waals surface area (Å²) in [6.07, 6.45) is 9.80. The fraction of sp³-hybridized carbons (Fsp3) is 0.566. The summed E-state index contributed by atoms with van der Waals surface area (Å²) in [5.41, 5.74) is 9.49. The summed E-state index contributed by atoms with van der Waals surface area (Å²) >= 11 is 3.43. The number of likely N-dealkylation sites (tertiary alicyclic amines) is 1. The summed E-state index contributed by atoms with van der Waals surface area (Å²) in [7, 11) is 1.25. The summed E-state index contributed by atoms with van der Waals surface area (Å²) < 4.78 is 28.5. The molecule has 0 unspecified atom stereocenters. The smallest absolute Gasteiger partial charge is 0.322 e. The van der Waals surface area contributed by atoms with E-state index < -0.39 is 18.1 Å². The van der Waals surface area contributed by atoms with Crippen molar-refractivity contribution in [1.82, 2.24) is 34.9 Å². The molecule has 0 bridgehead atoms. The van der Waals surface area contributed by atoms with Crippen molar-refractivity contribution >= 4 is 67.7 Å². The van der Waals surface area contributed by atoms with Gasteiger partial charge in [-0.05, 0) is 89.7 Å². The number of amides is 2. The van der Waals surface area contributed by atoms with Gasteiger partial charge in [0.05, 0.1) is 63.8 Å². The average molecular weight is 1090 g/mol. The number of pyridine rings is 1. The van der Waals surface area contributed by atoms with Gasteiger partial charge in [0, 0.05) is 75.1 Å². The number of piperidine rings is 1.